The van der Waals surface area contributed by atoms with Crippen LogP contribution in [0.15, 0.2) is 42.5 Å². The number of nitrogens with zero attached hydrogens (tertiary/aromatic N) is 3. The van der Waals surface area contributed by atoms with Gasteiger partial charge < -0.3 is 19.3 Å². The molecule has 2 aliphatic heterocycles. The number of hydrogen-bond donors (Lipinski definition) is 0. The second-order valence-electron chi connectivity index (χ2n) is 9.27. The van der Waals surface area contributed by atoms with Gasteiger partial charge in [-0.1, -0.05) is 26.8 Å². The van der Waals surface area contributed by atoms with Gasteiger partial charge in [0.2, 0.25) is 5.91 Å². The van der Waals surface area contributed by atoms with Gasteiger partial charge in [0, 0.05) is 31.9 Å². The van der Waals surface area contributed by atoms with E-state index in [0.717, 1.165) is 30.1 Å². The summed E-state index contributed by atoms with van der Waals surface area (Å²) in [6.45, 7) is 9.11. The topological polar surface area (TPSA) is 62.3 Å². The van der Waals surface area contributed by atoms with E-state index in [1.807, 2.05) is 47.4 Å². The molecular weight excluding hydrogens is 406 g/mol. The standard InChI is InChI=1S/C25H31N3O4/c1-25(2,3)18-5-10-22-21(15-18)28(24(30)17-32-22)16-23(29)27-13-11-26(12-14-27)19-6-8-20(31-4)9-7-19/h5-10,15H,11-14,16-17H2,1-4H3. The lowest BCUT2D eigenvalue weighted by Gasteiger charge is -2.37. The number of fused-ring (bicyclic) bond motifs is 1. The molecule has 4 rings (SSSR count). The second kappa shape index (κ2) is 8.73. The van der Waals surface area contributed by atoms with Crippen LogP contribution in [0.25, 0.3) is 0 Å². The normalized spacial score (nSPS) is 16.5. The highest BCUT2D eigenvalue weighted by atomic mass is 16.5. The fourth-order valence-electron chi connectivity index (χ4n) is 4.08. The monoisotopic (exact) mass is 437 g/mol. The number of anilines is 2. The molecule has 2 aromatic carbocycles. The first kappa shape index (κ1) is 22.0. The fraction of sp³-hybridized carbons (Fsp3) is 0.440. The molecule has 0 aliphatic carbocycles. The van der Waals surface area contributed by atoms with Crippen molar-refractivity contribution in [2.75, 3.05) is 56.2 Å². The Balaban J connectivity index is 1.43. The zero-order chi connectivity index (χ0) is 22.9. The third kappa shape index (κ3) is 4.52. The average Bonchev–Trinajstić information content (AvgIpc) is 2.80. The van der Waals surface area contributed by atoms with Crippen molar-refractivity contribution in [1.29, 1.82) is 0 Å². The summed E-state index contributed by atoms with van der Waals surface area (Å²) in [5, 5.41) is 0. The number of benzene rings is 2. The lowest BCUT2D eigenvalue weighted by molar-refractivity contribution is -0.132. The van der Waals surface area contributed by atoms with Crippen LogP contribution >= 0.6 is 0 Å². The number of methoxy groups -OCH3 is 1. The fourth-order valence-corrected chi connectivity index (χ4v) is 4.08. The van der Waals surface area contributed by atoms with E-state index in [-0.39, 0.29) is 30.4 Å². The number of hydrogen-bond acceptors (Lipinski definition) is 5. The molecular formula is C25H31N3O4. The summed E-state index contributed by atoms with van der Waals surface area (Å²) in [5.74, 6) is 1.25. The Morgan fingerprint density at radius 1 is 1.03 bits per heavy atom. The molecule has 7 nitrogen and oxygen atoms in total. The number of carbonyl (C=O) groups excluding carboxylic acids is 2. The van der Waals surface area contributed by atoms with Crippen molar-refractivity contribution in [3.8, 4) is 11.5 Å². The van der Waals surface area contributed by atoms with Crippen LogP contribution in [0.2, 0.25) is 0 Å². The second-order valence-corrected chi connectivity index (χ2v) is 9.27. The highest BCUT2D eigenvalue weighted by molar-refractivity contribution is 6.02. The Labute approximate surface area is 189 Å². The molecule has 7 heteroatoms. The third-order valence-corrected chi connectivity index (χ3v) is 6.13. The molecule has 0 aromatic heterocycles. The van der Waals surface area contributed by atoms with Gasteiger partial charge in [0.05, 0.1) is 12.8 Å². The Morgan fingerprint density at radius 2 is 1.72 bits per heavy atom. The van der Waals surface area contributed by atoms with E-state index in [0.29, 0.717) is 24.5 Å². The summed E-state index contributed by atoms with van der Waals surface area (Å²) in [6.07, 6.45) is 0. The van der Waals surface area contributed by atoms with Crippen LogP contribution < -0.4 is 19.3 Å². The van der Waals surface area contributed by atoms with Gasteiger partial charge in [-0.15, -0.1) is 0 Å². The van der Waals surface area contributed by atoms with Crippen molar-refractivity contribution in [2.24, 2.45) is 0 Å². The Bertz CT molecular complexity index is 989. The summed E-state index contributed by atoms with van der Waals surface area (Å²) in [5.41, 5.74) is 2.83. The maximum absolute atomic E-state index is 13.1. The first-order chi connectivity index (χ1) is 15.3. The third-order valence-electron chi connectivity index (χ3n) is 6.13. The van der Waals surface area contributed by atoms with E-state index < -0.39 is 0 Å². The quantitative estimate of drug-likeness (QED) is 0.736. The molecule has 1 fully saturated rings. The lowest BCUT2D eigenvalue weighted by Crippen LogP contribution is -2.53. The molecule has 0 atom stereocenters. The number of ether oxygens (including phenoxy) is 2. The van der Waals surface area contributed by atoms with Crippen LogP contribution in [0.4, 0.5) is 11.4 Å². The SMILES string of the molecule is COc1ccc(N2CCN(C(=O)CN3C(=O)COc4ccc(C(C)(C)C)cc43)CC2)cc1. The van der Waals surface area contributed by atoms with Crippen molar-refractivity contribution < 1.29 is 19.1 Å². The van der Waals surface area contributed by atoms with Crippen LogP contribution in [0.1, 0.15) is 26.3 Å². The summed E-state index contributed by atoms with van der Waals surface area (Å²) < 4.78 is 10.8. The Morgan fingerprint density at radius 3 is 2.34 bits per heavy atom. The summed E-state index contributed by atoms with van der Waals surface area (Å²) in [7, 11) is 1.65. The predicted molar refractivity (Wildman–Crippen MR) is 125 cm³/mol. The number of piperazine rings is 1. The minimum absolute atomic E-state index is 0.0331. The predicted octanol–water partition coefficient (Wildman–Crippen LogP) is 3.07. The van der Waals surface area contributed by atoms with Crippen LogP contribution in [0, 0.1) is 0 Å². The van der Waals surface area contributed by atoms with E-state index in [4.69, 9.17) is 9.47 Å². The molecule has 0 spiro atoms. The molecule has 0 radical (unpaired) electrons. The molecule has 1 saturated heterocycles. The molecule has 0 bridgehead atoms. The van der Waals surface area contributed by atoms with Crippen molar-refractivity contribution >= 4 is 23.2 Å². The van der Waals surface area contributed by atoms with Gasteiger partial charge in [-0.25, -0.2) is 0 Å². The van der Waals surface area contributed by atoms with Crippen LogP contribution in [-0.2, 0) is 15.0 Å². The average molecular weight is 438 g/mol. The van der Waals surface area contributed by atoms with E-state index >= 15 is 0 Å². The maximum Gasteiger partial charge on any atom is 0.265 e. The molecule has 2 aliphatic rings. The number of rotatable bonds is 4. The highest BCUT2D eigenvalue weighted by Gasteiger charge is 2.31. The van der Waals surface area contributed by atoms with Crippen LogP contribution in [0.5, 0.6) is 11.5 Å². The van der Waals surface area contributed by atoms with Gasteiger partial charge in [-0.3, -0.25) is 14.5 Å². The molecule has 2 heterocycles. The first-order valence-corrected chi connectivity index (χ1v) is 11.0. The van der Waals surface area contributed by atoms with Crippen molar-refractivity contribution in [2.45, 2.75) is 26.2 Å². The van der Waals surface area contributed by atoms with Crippen LogP contribution in [0.3, 0.4) is 0 Å². The minimum atomic E-state index is -0.186. The van der Waals surface area contributed by atoms with Crippen molar-refractivity contribution in [3.63, 3.8) is 0 Å². The van der Waals surface area contributed by atoms with Gasteiger partial charge in [-0.05, 0) is 47.4 Å². The van der Waals surface area contributed by atoms with Gasteiger partial charge >= 0.3 is 0 Å². The van der Waals surface area contributed by atoms with Gasteiger partial charge in [0.15, 0.2) is 6.61 Å². The summed E-state index contributed by atoms with van der Waals surface area (Å²) in [6, 6.07) is 13.8. The summed E-state index contributed by atoms with van der Waals surface area (Å²) in [4.78, 5) is 31.4. The smallest absolute Gasteiger partial charge is 0.265 e. The zero-order valence-corrected chi connectivity index (χ0v) is 19.3. The van der Waals surface area contributed by atoms with E-state index in [2.05, 4.69) is 25.7 Å². The zero-order valence-electron chi connectivity index (χ0n) is 19.3. The lowest BCUT2D eigenvalue weighted by atomic mass is 9.86. The highest BCUT2D eigenvalue weighted by Crippen LogP contribution is 2.36. The molecule has 0 saturated carbocycles. The molecule has 170 valence electrons. The van der Waals surface area contributed by atoms with Gasteiger partial charge in [-0.2, -0.15) is 0 Å². The van der Waals surface area contributed by atoms with E-state index in [1.165, 1.54) is 0 Å². The Kier molecular flexibility index (Phi) is 6.00. The molecule has 2 amide bonds. The molecule has 0 N–H and O–H groups in total. The van der Waals surface area contributed by atoms with Gasteiger partial charge in [0.25, 0.3) is 5.91 Å². The first-order valence-electron chi connectivity index (χ1n) is 11.0. The Hall–Kier alpha value is -3.22. The summed E-state index contributed by atoms with van der Waals surface area (Å²) >= 11 is 0. The molecule has 32 heavy (non-hydrogen) atoms. The van der Waals surface area contributed by atoms with Crippen molar-refractivity contribution in [3.05, 3.63) is 48.0 Å². The number of carbonyl (C=O) groups is 2. The van der Waals surface area contributed by atoms with Crippen LogP contribution in [-0.4, -0.2) is 63.2 Å². The number of amides is 2. The van der Waals surface area contributed by atoms with E-state index in [1.54, 1.807) is 12.0 Å². The van der Waals surface area contributed by atoms with Crippen molar-refractivity contribution in [1.82, 2.24) is 4.90 Å². The minimum Gasteiger partial charge on any atom is -0.497 e. The molecule has 0 unspecified atom stereocenters. The maximum atomic E-state index is 13.1. The molecule has 2 aromatic rings. The van der Waals surface area contributed by atoms with Gasteiger partial charge in [0.1, 0.15) is 18.0 Å². The largest absolute Gasteiger partial charge is 0.497 e. The van der Waals surface area contributed by atoms with E-state index in [9.17, 15) is 9.59 Å².